The lowest BCUT2D eigenvalue weighted by Gasteiger charge is -2.15. The van der Waals surface area contributed by atoms with Crippen molar-refractivity contribution in [3.8, 4) is 5.75 Å². The number of H-pyrrole nitrogens is 1. The Labute approximate surface area is 80.7 Å². The fraction of sp³-hybridized carbons (Fsp3) is 0.182. The summed E-state index contributed by atoms with van der Waals surface area (Å²) in [6, 6.07) is 5.75. The second kappa shape index (κ2) is 2.61. The van der Waals surface area contributed by atoms with E-state index < -0.39 is 0 Å². The monoisotopic (exact) mass is 187 g/mol. The van der Waals surface area contributed by atoms with Crippen LogP contribution < -0.4 is 4.74 Å². The van der Waals surface area contributed by atoms with E-state index in [1.54, 1.807) is 0 Å². The highest BCUT2D eigenvalue weighted by Gasteiger charge is 2.18. The molecule has 0 spiro atoms. The number of Topliss-reactive ketones (excluding diaryl/α,β-unsaturated/α-hetero) is 1. The SMILES string of the molecule is O=C1CCOc2cc3cc[nH]c3cc21. The van der Waals surface area contributed by atoms with E-state index in [-0.39, 0.29) is 5.78 Å². The first kappa shape index (κ1) is 7.62. The molecule has 1 aromatic carbocycles. The standard InChI is InChI=1S/C11H9NO2/c13-10-2-4-14-11-5-7-1-3-12-9(7)6-8(10)11/h1,3,5-6,12H,2,4H2. The molecule has 0 atom stereocenters. The van der Waals surface area contributed by atoms with Crippen molar-refractivity contribution >= 4 is 16.7 Å². The van der Waals surface area contributed by atoms with Gasteiger partial charge in [-0.1, -0.05) is 0 Å². The van der Waals surface area contributed by atoms with Crippen molar-refractivity contribution in [2.75, 3.05) is 6.61 Å². The maximum Gasteiger partial charge on any atom is 0.170 e. The van der Waals surface area contributed by atoms with Gasteiger partial charge in [-0.3, -0.25) is 4.79 Å². The molecule has 0 fully saturated rings. The number of ether oxygens (including phenoxy) is 1. The molecule has 0 amide bonds. The summed E-state index contributed by atoms with van der Waals surface area (Å²) >= 11 is 0. The summed E-state index contributed by atoms with van der Waals surface area (Å²) in [7, 11) is 0. The van der Waals surface area contributed by atoms with Gasteiger partial charge in [0.25, 0.3) is 0 Å². The van der Waals surface area contributed by atoms with Crippen LogP contribution in [0.3, 0.4) is 0 Å². The first-order valence-electron chi connectivity index (χ1n) is 4.62. The first-order valence-corrected chi connectivity index (χ1v) is 4.62. The molecule has 3 rings (SSSR count). The second-order valence-electron chi connectivity index (χ2n) is 3.43. The molecule has 1 aliphatic rings. The van der Waals surface area contributed by atoms with E-state index in [1.807, 2.05) is 24.4 Å². The number of nitrogens with one attached hydrogen (secondary N) is 1. The number of carbonyl (C=O) groups excluding carboxylic acids is 1. The summed E-state index contributed by atoms with van der Waals surface area (Å²) in [5, 5.41) is 1.08. The van der Waals surface area contributed by atoms with E-state index in [9.17, 15) is 4.79 Å². The lowest BCUT2D eigenvalue weighted by Crippen LogP contribution is -2.14. The maximum atomic E-state index is 11.6. The zero-order chi connectivity index (χ0) is 9.54. The van der Waals surface area contributed by atoms with E-state index in [0.29, 0.717) is 24.3 Å². The van der Waals surface area contributed by atoms with Crippen LogP contribution in [0.5, 0.6) is 5.75 Å². The Hall–Kier alpha value is -1.77. The molecular formula is C11H9NO2. The van der Waals surface area contributed by atoms with Crippen LogP contribution >= 0.6 is 0 Å². The summed E-state index contributed by atoms with van der Waals surface area (Å²) in [6.07, 6.45) is 2.35. The molecule has 0 aliphatic carbocycles. The smallest absolute Gasteiger partial charge is 0.170 e. The van der Waals surface area contributed by atoms with Crippen LogP contribution in [-0.2, 0) is 0 Å². The molecule has 0 saturated heterocycles. The quantitative estimate of drug-likeness (QED) is 0.686. The van der Waals surface area contributed by atoms with Crippen LogP contribution in [0.15, 0.2) is 24.4 Å². The Kier molecular flexibility index (Phi) is 1.42. The van der Waals surface area contributed by atoms with Crippen LogP contribution in [-0.4, -0.2) is 17.4 Å². The summed E-state index contributed by atoms with van der Waals surface area (Å²) in [5.74, 6) is 0.885. The number of fused-ring (bicyclic) bond motifs is 2. The third kappa shape index (κ3) is 0.954. The van der Waals surface area contributed by atoms with E-state index in [1.165, 1.54) is 0 Å². The molecule has 0 bridgehead atoms. The van der Waals surface area contributed by atoms with Crippen LogP contribution in [0.1, 0.15) is 16.8 Å². The lowest BCUT2D eigenvalue weighted by atomic mass is 10.0. The van der Waals surface area contributed by atoms with Gasteiger partial charge in [0.1, 0.15) is 5.75 Å². The van der Waals surface area contributed by atoms with Crippen LogP contribution in [0.25, 0.3) is 10.9 Å². The van der Waals surface area contributed by atoms with Crippen molar-refractivity contribution in [2.45, 2.75) is 6.42 Å². The Morgan fingerprint density at radius 1 is 1.36 bits per heavy atom. The molecule has 14 heavy (non-hydrogen) atoms. The Morgan fingerprint density at radius 2 is 2.29 bits per heavy atom. The van der Waals surface area contributed by atoms with Crippen molar-refractivity contribution < 1.29 is 9.53 Å². The molecule has 2 aromatic rings. The average molecular weight is 187 g/mol. The van der Waals surface area contributed by atoms with Gasteiger partial charge in [-0.15, -0.1) is 0 Å². The number of rotatable bonds is 0. The van der Waals surface area contributed by atoms with Crippen molar-refractivity contribution in [3.05, 3.63) is 30.0 Å². The zero-order valence-electron chi connectivity index (χ0n) is 7.54. The van der Waals surface area contributed by atoms with Gasteiger partial charge in [0, 0.05) is 23.5 Å². The van der Waals surface area contributed by atoms with Gasteiger partial charge in [-0.2, -0.15) is 0 Å². The lowest BCUT2D eigenvalue weighted by molar-refractivity contribution is 0.0934. The van der Waals surface area contributed by atoms with Crippen molar-refractivity contribution in [1.82, 2.24) is 4.98 Å². The van der Waals surface area contributed by atoms with Crippen LogP contribution in [0.4, 0.5) is 0 Å². The molecule has 0 saturated carbocycles. The van der Waals surface area contributed by atoms with E-state index in [0.717, 1.165) is 10.9 Å². The molecule has 1 aliphatic heterocycles. The highest BCUT2D eigenvalue weighted by molar-refractivity contribution is 6.03. The summed E-state index contributed by atoms with van der Waals surface area (Å²) in [5.41, 5.74) is 1.69. The molecule has 2 heterocycles. The molecule has 3 nitrogen and oxygen atoms in total. The van der Waals surface area contributed by atoms with Crippen molar-refractivity contribution in [1.29, 1.82) is 0 Å². The van der Waals surface area contributed by atoms with E-state index >= 15 is 0 Å². The van der Waals surface area contributed by atoms with Crippen LogP contribution in [0, 0.1) is 0 Å². The highest BCUT2D eigenvalue weighted by Crippen LogP contribution is 2.29. The normalized spacial score (nSPS) is 15.3. The first-order chi connectivity index (χ1) is 6.84. The zero-order valence-corrected chi connectivity index (χ0v) is 7.54. The Balaban J connectivity index is 2.32. The number of aromatic amines is 1. The Bertz CT molecular complexity index is 513. The van der Waals surface area contributed by atoms with Gasteiger partial charge in [0.05, 0.1) is 12.2 Å². The summed E-state index contributed by atoms with van der Waals surface area (Å²) < 4.78 is 5.44. The van der Waals surface area contributed by atoms with Gasteiger partial charge >= 0.3 is 0 Å². The number of ketones is 1. The van der Waals surface area contributed by atoms with Crippen molar-refractivity contribution in [2.24, 2.45) is 0 Å². The fourth-order valence-corrected chi connectivity index (χ4v) is 1.81. The van der Waals surface area contributed by atoms with Gasteiger partial charge in [-0.05, 0) is 18.2 Å². The predicted molar refractivity (Wildman–Crippen MR) is 52.7 cm³/mol. The topological polar surface area (TPSA) is 42.1 Å². The minimum Gasteiger partial charge on any atom is -0.492 e. The number of benzene rings is 1. The minimum atomic E-state index is 0.169. The maximum absolute atomic E-state index is 11.6. The molecular weight excluding hydrogens is 178 g/mol. The van der Waals surface area contributed by atoms with E-state index in [4.69, 9.17) is 4.74 Å². The number of hydrogen-bond acceptors (Lipinski definition) is 2. The molecule has 0 unspecified atom stereocenters. The second-order valence-corrected chi connectivity index (χ2v) is 3.43. The summed E-state index contributed by atoms with van der Waals surface area (Å²) in [4.78, 5) is 14.6. The molecule has 70 valence electrons. The molecule has 1 N–H and O–H groups in total. The third-order valence-corrected chi connectivity index (χ3v) is 2.54. The number of carbonyl (C=O) groups is 1. The predicted octanol–water partition coefficient (Wildman–Crippen LogP) is 2.13. The molecule has 0 radical (unpaired) electrons. The van der Waals surface area contributed by atoms with E-state index in [2.05, 4.69) is 4.98 Å². The van der Waals surface area contributed by atoms with Gasteiger partial charge in [0.2, 0.25) is 0 Å². The van der Waals surface area contributed by atoms with Gasteiger partial charge in [0.15, 0.2) is 5.78 Å². The largest absolute Gasteiger partial charge is 0.492 e. The molecule has 1 aromatic heterocycles. The third-order valence-electron chi connectivity index (χ3n) is 2.54. The van der Waals surface area contributed by atoms with Crippen molar-refractivity contribution in [3.63, 3.8) is 0 Å². The number of hydrogen-bond donors (Lipinski definition) is 1. The highest BCUT2D eigenvalue weighted by atomic mass is 16.5. The number of aromatic nitrogens is 1. The van der Waals surface area contributed by atoms with Gasteiger partial charge < -0.3 is 9.72 Å². The van der Waals surface area contributed by atoms with Gasteiger partial charge in [-0.25, -0.2) is 0 Å². The summed E-state index contributed by atoms with van der Waals surface area (Å²) in [6.45, 7) is 0.502. The fourth-order valence-electron chi connectivity index (χ4n) is 1.81. The minimum absolute atomic E-state index is 0.169. The Morgan fingerprint density at radius 3 is 3.21 bits per heavy atom. The molecule has 3 heteroatoms. The average Bonchev–Trinajstić information content (AvgIpc) is 2.62. The van der Waals surface area contributed by atoms with Crippen LogP contribution in [0.2, 0.25) is 0 Å².